The highest BCUT2D eigenvalue weighted by atomic mass is 35.5. The number of ether oxygens (including phenoxy) is 1. The molecule has 28 heavy (non-hydrogen) atoms. The topological polar surface area (TPSA) is 63.2 Å². The van der Waals surface area contributed by atoms with Gasteiger partial charge in [0.2, 0.25) is 5.91 Å². The lowest BCUT2D eigenvalue weighted by atomic mass is 9.85. The number of aromatic nitrogens is 1. The Morgan fingerprint density at radius 3 is 2.86 bits per heavy atom. The van der Waals surface area contributed by atoms with E-state index in [1.165, 1.54) is 25.7 Å². The molecule has 7 heteroatoms. The van der Waals surface area contributed by atoms with Crippen molar-refractivity contribution in [1.29, 1.82) is 0 Å². The minimum Gasteiger partial charge on any atom is -0.491 e. The molecule has 2 aliphatic rings. The Labute approximate surface area is 178 Å². The van der Waals surface area contributed by atoms with Crippen LogP contribution in [0.1, 0.15) is 38.5 Å². The van der Waals surface area contributed by atoms with Gasteiger partial charge in [-0.1, -0.05) is 31.0 Å². The van der Waals surface area contributed by atoms with Crippen LogP contribution in [0, 0.1) is 5.92 Å². The number of nitrogens with one attached hydrogen (secondary N) is 2. The molecule has 4 rings (SSSR count). The van der Waals surface area contributed by atoms with E-state index in [-0.39, 0.29) is 36.8 Å². The summed E-state index contributed by atoms with van der Waals surface area (Å²) >= 11 is 0. The number of halogens is 2. The summed E-state index contributed by atoms with van der Waals surface area (Å²) in [7, 11) is 0. The lowest BCUT2D eigenvalue weighted by molar-refractivity contribution is -0.122. The second-order valence-electron chi connectivity index (χ2n) is 7.43. The largest absolute Gasteiger partial charge is 0.491 e. The third kappa shape index (κ3) is 5.28. The summed E-state index contributed by atoms with van der Waals surface area (Å²) in [5.41, 5.74) is 0.886. The van der Waals surface area contributed by atoms with Crippen LogP contribution in [-0.4, -0.2) is 36.1 Å². The first kappa shape index (κ1) is 22.7. The number of para-hydroxylation sites is 1. The van der Waals surface area contributed by atoms with Gasteiger partial charge in [0.15, 0.2) is 0 Å². The summed E-state index contributed by atoms with van der Waals surface area (Å²) in [6, 6.07) is 10.5. The molecule has 0 bridgehead atoms. The Balaban J connectivity index is 0.00000140. The normalized spacial score (nSPS) is 23.2. The van der Waals surface area contributed by atoms with Gasteiger partial charge in [-0.2, -0.15) is 0 Å². The molecule has 5 nitrogen and oxygen atoms in total. The Morgan fingerprint density at radius 2 is 2.00 bits per heavy atom. The highest BCUT2D eigenvalue weighted by molar-refractivity contribution is 5.86. The molecule has 1 aliphatic heterocycles. The molecule has 3 atom stereocenters. The van der Waals surface area contributed by atoms with Gasteiger partial charge in [-0.25, -0.2) is 0 Å². The van der Waals surface area contributed by atoms with E-state index in [1.54, 1.807) is 6.20 Å². The van der Waals surface area contributed by atoms with Crippen molar-refractivity contribution in [3.63, 3.8) is 0 Å². The van der Waals surface area contributed by atoms with E-state index in [1.807, 2.05) is 30.3 Å². The zero-order chi connectivity index (χ0) is 17.8. The number of hydrogen-bond donors (Lipinski definition) is 2. The van der Waals surface area contributed by atoms with Gasteiger partial charge in [0.25, 0.3) is 0 Å². The second kappa shape index (κ2) is 10.8. The van der Waals surface area contributed by atoms with Crippen molar-refractivity contribution >= 4 is 41.6 Å². The number of benzene rings is 1. The van der Waals surface area contributed by atoms with E-state index in [2.05, 4.69) is 15.6 Å². The molecule has 3 unspecified atom stereocenters. The quantitative estimate of drug-likeness (QED) is 0.689. The van der Waals surface area contributed by atoms with Crippen LogP contribution in [0.5, 0.6) is 5.75 Å². The highest BCUT2D eigenvalue weighted by Gasteiger charge is 2.37. The molecule has 154 valence electrons. The SMILES string of the molecule is Cl.Cl.O=C(NCCCOc1cccc2cccnc12)C1CC2CCCCC2N1. The zero-order valence-corrected chi connectivity index (χ0v) is 17.6. The Morgan fingerprint density at radius 1 is 1.18 bits per heavy atom. The van der Waals surface area contributed by atoms with E-state index in [0.29, 0.717) is 25.1 Å². The Bertz CT molecular complexity index is 755. The number of carbonyl (C=O) groups excluding carboxylic acids is 1. The van der Waals surface area contributed by atoms with Crippen LogP contribution in [0.2, 0.25) is 0 Å². The summed E-state index contributed by atoms with van der Waals surface area (Å²) in [5.74, 6) is 1.64. The first-order valence-corrected chi connectivity index (χ1v) is 9.81. The van der Waals surface area contributed by atoms with Crippen molar-refractivity contribution in [1.82, 2.24) is 15.6 Å². The predicted octanol–water partition coefficient (Wildman–Crippen LogP) is 3.88. The molecule has 1 aliphatic carbocycles. The Kier molecular flexibility index (Phi) is 8.80. The lowest BCUT2D eigenvalue weighted by Gasteiger charge is -2.24. The van der Waals surface area contributed by atoms with Crippen LogP contribution in [-0.2, 0) is 4.79 Å². The maximum Gasteiger partial charge on any atom is 0.237 e. The monoisotopic (exact) mass is 425 g/mol. The summed E-state index contributed by atoms with van der Waals surface area (Å²) in [6.45, 7) is 1.21. The number of hydrogen-bond acceptors (Lipinski definition) is 4. The number of fused-ring (bicyclic) bond motifs is 2. The first-order valence-electron chi connectivity index (χ1n) is 9.81. The molecule has 1 amide bonds. The fourth-order valence-electron chi connectivity index (χ4n) is 4.30. The minimum atomic E-state index is -0.00807. The minimum absolute atomic E-state index is 0. The van der Waals surface area contributed by atoms with Crippen molar-refractivity contribution in [2.45, 2.75) is 50.6 Å². The third-order valence-electron chi connectivity index (χ3n) is 5.65. The van der Waals surface area contributed by atoms with Gasteiger partial charge in [0, 0.05) is 24.2 Å². The van der Waals surface area contributed by atoms with Gasteiger partial charge < -0.3 is 15.4 Å². The summed E-state index contributed by atoms with van der Waals surface area (Å²) in [6.07, 6.45) is 8.67. The van der Waals surface area contributed by atoms with Crippen LogP contribution in [0.25, 0.3) is 10.9 Å². The molecular weight excluding hydrogens is 397 g/mol. The van der Waals surface area contributed by atoms with Gasteiger partial charge in [0.1, 0.15) is 11.3 Å². The molecule has 0 spiro atoms. The fourth-order valence-corrected chi connectivity index (χ4v) is 4.30. The van der Waals surface area contributed by atoms with Crippen molar-refractivity contribution in [2.75, 3.05) is 13.2 Å². The summed E-state index contributed by atoms with van der Waals surface area (Å²) in [5, 5.41) is 7.66. The molecule has 1 aromatic carbocycles. The number of nitrogens with zero attached hydrogens (tertiary/aromatic N) is 1. The van der Waals surface area contributed by atoms with E-state index in [9.17, 15) is 4.79 Å². The van der Waals surface area contributed by atoms with Gasteiger partial charge in [-0.3, -0.25) is 9.78 Å². The molecule has 2 fully saturated rings. The van der Waals surface area contributed by atoms with Crippen LogP contribution in [0.15, 0.2) is 36.5 Å². The average molecular weight is 426 g/mol. The summed E-state index contributed by atoms with van der Waals surface area (Å²) < 4.78 is 5.87. The zero-order valence-electron chi connectivity index (χ0n) is 15.9. The van der Waals surface area contributed by atoms with Gasteiger partial charge in [-0.05, 0) is 43.7 Å². The number of carbonyl (C=O) groups is 1. The molecule has 2 heterocycles. The second-order valence-corrected chi connectivity index (χ2v) is 7.43. The van der Waals surface area contributed by atoms with Crippen molar-refractivity contribution < 1.29 is 9.53 Å². The van der Waals surface area contributed by atoms with Gasteiger partial charge in [-0.15, -0.1) is 24.8 Å². The average Bonchev–Trinajstić information content (AvgIpc) is 3.12. The molecular formula is C21H29Cl2N3O2. The number of pyridine rings is 1. The predicted molar refractivity (Wildman–Crippen MR) is 117 cm³/mol. The highest BCUT2D eigenvalue weighted by Crippen LogP contribution is 2.33. The maximum absolute atomic E-state index is 12.4. The molecule has 1 saturated heterocycles. The number of amides is 1. The Hall–Kier alpha value is -1.56. The molecule has 2 aromatic rings. The summed E-state index contributed by atoms with van der Waals surface area (Å²) in [4.78, 5) is 16.8. The van der Waals surface area contributed by atoms with Crippen LogP contribution >= 0.6 is 24.8 Å². The van der Waals surface area contributed by atoms with E-state index in [4.69, 9.17) is 4.74 Å². The third-order valence-corrected chi connectivity index (χ3v) is 5.65. The van der Waals surface area contributed by atoms with Crippen molar-refractivity contribution in [3.8, 4) is 5.75 Å². The fraction of sp³-hybridized carbons (Fsp3) is 0.524. The van der Waals surface area contributed by atoms with Crippen molar-refractivity contribution in [3.05, 3.63) is 36.5 Å². The smallest absolute Gasteiger partial charge is 0.237 e. The molecule has 0 radical (unpaired) electrons. The van der Waals surface area contributed by atoms with Crippen molar-refractivity contribution in [2.24, 2.45) is 5.92 Å². The van der Waals surface area contributed by atoms with E-state index >= 15 is 0 Å². The van der Waals surface area contributed by atoms with Gasteiger partial charge in [0.05, 0.1) is 12.6 Å². The van der Waals surface area contributed by atoms with Crippen LogP contribution < -0.4 is 15.4 Å². The molecule has 1 saturated carbocycles. The molecule has 2 N–H and O–H groups in total. The molecule has 1 aromatic heterocycles. The first-order chi connectivity index (χ1) is 12.8. The van der Waals surface area contributed by atoms with E-state index < -0.39 is 0 Å². The van der Waals surface area contributed by atoms with Crippen LogP contribution in [0.4, 0.5) is 0 Å². The maximum atomic E-state index is 12.4. The number of rotatable bonds is 6. The van der Waals surface area contributed by atoms with Gasteiger partial charge >= 0.3 is 0 Å². The van der Waals surface area contributed by atoms with Crippen LogP contribution in [0.3, 0.4) is 0 Å². The lowest BCUT2D eigenvalue weighted by Crippen LogP contribution is -2.43. The standard InChI is InChI=1S/C21H27N3O2.2ClH/c25-21(18-14-16-6-1-2-9-17(16)24-18)23-12-5-13-26-19-10-3-7-15-8-4-11-22-20(15)19;;/h3-4,7-8,10-11,16-18,24H,1-2,5-6,9,12-14H2,(H,23,25);2*1H. The van der Waals surface area contributed by atoms with E-state index in [0.717, 1.165) is 29.5 Å².